The van der Waals surface area contributed by atoms with Gasteiger partial charge in [0, 0.05) is 25.7 Å². The van der Waals surface area contributed by atoms with Gasteiger partial charge >= 0.3 is 0 Å². The quantitative estimate of drug-likeness (QED) is 0.361. The summed E-state index contributed by atoms with van der Waals surface area (Å²) in [5, 5.41) is 26.4. The maximum Gasteiger partial charge on any atom is 0.240 e. The summed E-state index contributed by atoms with van der Waals surface area (Å²) in [4.78, 5) is 1.04. The summed E-state index contributed by atoms with van der Waals surface area (Å²) >= 11 is 0. The number of H-pyrrole nitrogens is 1. The van der Waals surface area contributed by atoms with Crippen molar-refractivity contribution in [3.63, 3.8) is 0 Å². The number of sulfone groups is 1. The Kier molecular flexibility index (Phi) is 5.23. The lowest BCUT2D eigenvalue weighted by Crippen LogP contribution is -2.54. The Balaban J connectivity index is 1.80. The van der Waals surface area contributed by atoms with Crippen LogP contribution in [-0.2, 0) is 26.9 Å². The molecule has 3 N–H and O–H groups in total. The molecular weight excluding hydrogens is 482 g/mol. The average Bonchev–Trinajstić information content (AvgIpc) is 3.41. The number of benzene rings is 2. The van der Waals surface area contributed by atoms with Crippen molar-refractivity contribution in [2.24, 2.45) is 12.2 Å². The standard InChI is InChI=1S/C19H21N9O4S2/c1-3-28-9-12(10-28)33(29,30)16-7-5-13(11-4-6-14-15(8-11)27(2)26-21-14)17(18(16)34(20,31)32)19-22-24-25-23-19/h4-8,12H,3,9-10H2,1-2H3,(H2,20,31,32)(H,22,23,24,25). The van der Waals surface area contributed by atoms with E-state index in [1.165, 1.54) is 6.07 Å². The maximum atomic E-state index is 13.5. The first-order valence-corrected chi connectivity index (χ1v) is 13.4. The van der Waals surface area contributed by atoms with Crippen molar-refractivity contribution in [2.75, 3.05) is 19.6 Å². The molecule has 0 aliphatic carbocycles. The number of fused-ring (bicyclic) bond motifs is 1. The van der Waals surface area contributed by atoms with Gasteiger partial charge in [-0.05, 0) is 46.3 Å². The fourth-order valence-corrected chi connectivity index (χ4v) is 7.49. The van der Waals surface area contributed by atoms with E-state index in [4.69, 9.17) is 5.14 Å². The number of likely N-dealkylation sites (tertiary alicyclic amines) is 1. The van der Waals surface area contributed by atoms with E-state index < -0.39 is 30.0 Å². The highest BCUT2D eigenvalue weighted by molar-refractivity contribution is 7.94. The van der Waals surface area contributed by atoms with Gasteiger partial charge in [-0.2, -0.15) is 0 Å². The predicted octanol–water partition coefficient (Wildman–Crippen LogP) is -0.0594. The van der Waals surface area contributed by atoms with E-state index in [1.807, 2.05) is 11.8 Å². The molecule has 0 radical (unpaired) electrons. The lowest BCUT2D eigenvalue weighted by atomic mass is 9.98. The van der Waals surface area contributed by atoms with E-state index in [1.54, 1.807) is 36.0 Å². The van der Waals surface area contributed by atoms with Crippen LogP contribution in [0.25, 0.3) is 33.5 Å². The van der Waals surface area contributed by atoms with Crippen molar-refractivity contribution in [1.29, 1.82) is 0 Å². The molecule has 0 spiro atoms. The molecule has 1 saturated heterocycles. The van der Waals surface area contributed by atoms with Crippen LogP contribution in [0.3, 0.4) is 0 Å². The number of nitrogens with one attached hydrogen (secondary N) is 1. The van der Waals surface area contributed by atoms with Crippen LogP contribution in [0.2, 0.25) is 0 Å². The van der Waals surface area contributed by atoms with Crippen LogP contribution in [0.4, 0.5) is 0 Å². The Hall–Kier alpha value is -3.27. The molecule has 1 aliphatic rings. The summed E-state index contributed by atoms with van der Waals surface area (Å²) < 4.78 is 54.3. The van der Waals surface area contributed by atoms with E-state index >= 15 is 0 Å². The second-order valence-electron chi connectivity index (χ2n) is 8.05. The van der Waals surface area contributed by atoms with Crippen molar-refractivity contribution in [3.05, 3.63) is 30.3 Å². The molecule has 0 unspecified atom stereocenters. The van der Waals surface area contributed by atoms with Crippen LogP contribution in [0.5, 0.6) is 0 Å². The van der Waals surface area contributed by atoms with Crippen LogP contribution < -0.4 is 5.14 Å². The molecule has 1 aliphatic heterocycles. The van der Waals surface area contributed by atoms with Gasteiger partial charge in [-0.15, -0.1) is 10.2 Å². The van der Waals surface area contributed by atoms with Crippen molar-refractivity contribution in [3.8, 4) is 22.5 Å². The summed E-state index contributed by atoms with van der Waals surface area (Å²) in [7, 11) is -6.80. The minimum Gasteiger partial charge on any atom is -0.301 e. The lowest BCUT2D eigenvalue weighted by molar-refractivity contribution is 0.195. The fourth-order valence-electron chi connectivity index (χ4n) is 4.17. The summed E-state index contributed by atoms with van der Waals surface area (Å²) in [6.07, 6.45) is 0. The van der Waals surface area contributed by atoms with Gasteiger partial charge in [0.2, 0.25) is 10.0 Å². The van der Waals surface area contributed by atoms with Gasteiger partial charge in [-0.1, -0.05) is 24.3 Å². The minimum absolute atomic E-state index is 0.0188. The predicted molar refractivity (Wildman–Crippen MR) is 122 cm³/mol. The Morgan fingerprint density at radius 2 is 1.88 bits per heavy atom. The number of primary sulfonamides is 1. The normalized spacial score (nSPS) is 15.6. The van der Waals surface area contributed by atoms with E-state index in [2.05, 4.69) is 30.9 Å². The SMILES string of the molecule is CCN1CC(S(=O)(=O)c2ccc(-c3ccc4nnn(C)c4c3)c(-c3nnn[nH]3)c2S(N)(=O)=O)C1. The number of tetrazole rings is 1. The summed E-state index contributed by atoms with van der Waals surface area (Å²) in [5.74, 6) is -0.0249. The number of aromatic amines is 1. The first-order chi connectivity index (χ1) is 16.1. The summed E-state index contributed by atoms with van der Waals surface area (Å²) in [5.41, 5.74) is 2.29. The van der Waals surface area contributed by atoms with E-state index in [9.17, 15) is 16.8 Å². The van der Waals surface area contributed by atoms with Crippen molar-refractivity contribution >= 4 is 30.9 Å². The number of nitrogens with two attached hydrogens (primary N) is 1. The van der Waals surface area contributed by atoms with Crippen LogP contribution >= 0.6 is 0 Å². The highest BCUT2D eigenvalue weighted by Crippen LogP contribution is 2.40. The van der Waals surface area contributed by atoms with Gasteiger partial charge in [0.05, 0.1) is 15.7 Å². The van der Waals surface area contributed by atoms with Gasteiger partial charge in [-0.25, -0.2) is 31.8 Å². The third-order valence-electron chi connectivity index (χ3n) is 6.03. The number of aryl methyl sites for hydroxylation is 1. The smallest absolute Gasteiger partial charge is 0.240 e. The van der Waals surface area contributed by atoms with Crippen LogP contribution in [0.15, 0.2) is 40.1 Å². The molecule has 3 heterocycles. The van der Waals surface area contributed by atoms with Crippen molar-refractivity contribution < 1.29 is 16.8 Å². The van der Waals surface area contributed by atoms with E-state index in [0.29, 0.717) is 41.8 Å². The Morgan fingerprint density at radius 3 is 2.53 bits per heavy atom. The molecule has 34 heavy (non-hydrogen) atoms. The molecular formula is C19H21N9O4S2. The average molecular weight is 504 g/mol. The summed E-state index contributed by atoms with van der Waals surface area (Å²) in [6.45, 7) is 3.26. The molecule has 0 bridgehead atoms. The molecule has 0 atom stereocenters. The number of aromatic nitrogens is 7. The van der Waals surface area contributed by atoms with Crippen LogP contribution in [0, 0.1) is 0 Å². The fraction of sp³-hybridized carbons (Fsp3) is 0.316. The van der Waals surface area contributed by atoms with Crippen LogP contribution in [0.1, 0.15) is 6.92 Å². The molecule has 15 heteroatoms. The molecule has 0 amide bonds. The summed E-state index contributed by atoms with van der Waals surface area (Å²) in [6, 6.07) is 8.06. The monoisotopic (exact) mass is 503 g/mol. The molecule has 0 saturated carbocycles. The van der Waals surface area contributed by atoms with Gasteiger partial charge in [-0.3, -0.25) is 0 Å². The molecule has 5 rings (SSSR count). The molecule has 2 aromatic carbocycles. The Bertz CT molecular complexity index is 1610. The number of rotatable bonds is 6. The van der Waals surface area contributed by atoms with Gasteiger partial charge in [0.25, 0.3) is 0 Å². The molecule has 13 nitrogen and oxygen atoms in total. The first-order valence-electron chi connectivity index (χ1n) is 10.3. The molecule has 4 aromatic rings. The maximum absolute atomic E-state index is 13.5. The topological polar surface area (TPSA) is 183 Å². The van der Waals surface area contributed by atoms with Gasteiger partial charge in [0.1, 0.15) is 10.4 Å². The third-order valence-corrected chi connectivity index (χ3v) is 9.28. The second-order valence-corrected chi connectivity index (χ2v) is 11.7. The second kappa shape index (κ2) is 7.90. The van der Waals surface area contributed by atoms with Gasteiger partial charge in [0.15, 0.2) is 15.7 Å². The van der Waals surface area contributed by atoms with E-state index in [-0.39, 0.29) is 16.3 Å². The van der Waals surface area contributed by atoms with Gasteiger partial charge < -0.3 is 4.90 Å². The first kappa shape index (κ1) is 22.5. The molecule has 178 valence electrons. The Morgan fingerprint density at radius 1 is 1.12 bits per heavy atom. The molecule has 2 aromatic heterocycles. The number of sulfonamides is 1. The zero-order valence-electron chi connectivity index (χ0n) is 18.2. The van der Waals surface area contributed by atoms with Crippen molar-refractivity contribution in [2.45, 2.75) is 22.0 Å². The minimum atomic E-state index is -4.52. The number of nitrogens with zero attached hydrogens (tertiary/aromatic N) is 7. The molecule has 1 fully saturated rings. The number of hydrogen-bond donors (Lipinski definition) is 2. The highest BCUT2D eigenvalue weighted by Gasteiger charge is 2.41. The lowest BCUT2D eigenvalue weighted by Gasteiger charge is -2.38. The largest absolute Gasteiger partial charge is 0.301 e. The zero-order valence-corrected chi connectivity index (χ0v) is 19.9. The van der Waals surface area contributed by atoms with E-state index in [0.717, 1.165) is 0 Å². The Labute approximate surface area is 194 Å². The highest BCUT2D eigenvalue weighted by atomic mass is 32.2. The third kappa shape index (κ3) is 3.56. The number of hydrogen-bond acceptors (Lipinski definition) is 10. The zero-order chi connectivity index (χ0) is 24.3. The van der Waals surface area contributed by atoms with Crippen molar-refractivity contribution in [1.82, 2.24) is 40.5 Å². The van der Waals surface area contributed by atoms with Crippen LogP contribution in [-0.4, -0.2) is 82.2 Å².